The van der Waals surface area contributed by atoms with Crippen molar-refractivity contribution in [3.05, 3.63) is 38.9 Å². The van der Waals surface area contributed by atoms with Crippen LogP contribution in [0.15, 0.2) is 18.2 Å². The van der Waals surface area contributed by atoms with Crippen LogP contribution in [0.25, 0.3) is 0 Å². The number of hydrogen-bond acceptors (Lipinski definition) is 3. The van der Waals surface area contributed by atoms with Gasteiger partial charge in [-0.2, -0.15) is 0 Å². The third kappa shape index (κ3) is 3.28. The lowest BCUT2D eigenvalue weighted by molar-refractivity contribution is -0.385. The van der Waals surface area contributed by atoms with E-state index in [9.17, 15) is 14.9 Å². The molecule has 0 heterocycles. The van der Waals surface area contributed by atoms with E-state index in [0.29, 0.717) is 10.6 Å². The Bertz CT molecular complexity index is 408. The molecular weight excluding hydrogens is 285 g/mol. The Morgan fingerprint density at radius 1 is 1.53 bits per heavy atom. The molecule has 1 aromatic carbocycles. The van der Waals surface area contributed by atoms with Gasteiger partial charge in [0.2, 0.25) is 0 Å². The van der Waals surface area contributed by atoms with Crippen molar-refractivity contribution < 1.29 is 9.72 Å². The van der Waals surface area contributed by atoms with Crippen LogP contribution in [0.4, 0.5) is 5.69 Å². The second-order valence-corrected chi connectivity index (χ2v) is 3.88. The molecular formula is C9H7BrClNO3. The van der Waals surface area contributed by atoms with Crippen LogP contribution in [0, 0.1) is 10.1 Å². The summed E-state index contributed by atoms with van der Waals surface area (Å²) in [7, 11) is 0. The summed E-state index contributed by atoms with van der Waals surface area (Å²) in [6.45, 7) is 0. The molecule has 0 aliphatic carbocycles. The number of ketones is 1. The largest absolute Gasteiger partial charge is 0.298 e. The van der Waals surface area contributed by atoms with Gasteiger partial charge in [-0.15, -0.1) is 0 Å². The number of nitro benzene ring substituents is 1. The zero-order valence-corrected chi connectivity index (χ0v) is 9.92. The van der Waals surface area contributed by atoms with Gasteiger partial charge in [0.15, 0.2) is 0 Å². The van der Waals surface area contributed by atoms with Gasteiger partial charge in [0.25, 0.3) is 5.69 Å². The third-order valence-electron chi connectivity index (χ3n) is 1.77. The first-order valence-corrected chi connectivity index (χ1v) is 5.55. The molecule has 0 spiro atoms. The van der Waals surface area contributed by atoms with E-state index >= 15 is 0 Å². The zero-order valence-electron chi connectivity index (χ0n) is 7.57. The van der Waals surface area contributed by atoms with Crippen LogP contribution in [0.5, 0.6) is 0 Å². The molecule has 4 nitrogen and oxygen atoms in total. The Kier molecular flexibility index (Phi) is 4.23. The molecule has 0 atom stereocenters. The predicted octanol–water partition coefficient (Wildman–Crippen LogP) is 2.75. The molecule has 0 bridgehead atoms. The van der Waals surface area contributed by atoms with Crippen LogP contribution < -0.4 is 0 Å². The first kappa shape index (κ1) is 12.1. The van der Waals surface area contributed by atoms with Gasteiger partial charge in [0.1, 0.15) is 5.78 Å². The van der Waals surface area contributed by atoms with Gasteiger partial charge in [0, 0.05) is 23.1 Å². The lowest BCUT2D eigenvalue weighted by atomic mass is 10.1. The predicted molar refractivity (Wildman–Crippen MR) is 60.6 cm³/mol. The molecule has 0 unspecified atom stereocenters. The zero-order chi connectivity index (χ0) is 11.4. The SMILES string of the molecule is O=C(CBr)Cc1cc(Cl)ccc1[N+](=O)[O-]. The van der Waals surface area contributed by atoms with E-state index in [-0.39, 0.29) is 23.2 Å². The average Bonchev–Trinajstić information content (AvgIpc) is 2.17. The van der Waals surface area contributed by atoms with Gasteiger partial charge in [-0.1, -0.05) is 27.5 Å². The highest BCUT2D eigenvalue weighted by atomic mass is 79.9. The third-order valence-corrected chi connectivity index (χ3v) is 2.64. The summed E-state index contributed by atoms with van der Waals surface area (Å²) in [5.41, 5.74) is 0.269. The normalized spacial score (nSPS) is 10.0. The van der Waals surface area contributed by atoms with Crippen molar-refractivity contribution in [2.45, 2.75) is 6.42 Å². The maximum atomic E-state index is 11.2. The van der Waals surface area contributed by atoms with Gasteiger partial charge in [-0.05, 0) is 12.1 Å². The molecule has 0 radical (unpaired) electrons. The van der Waals surface area contributed by atoms with E-state index in [4.69, 9.17) is 11.6 Å². The fourth-order valence-corrected chi connectivity index (χ4v) is 1.53. The number of carbonyl (C=O) groups excluding carboxylic acids is 1. The first-order valence-electron chi connectivity index (χ1n) is 4.05. The molecule has 0 N–H and O–H groups in total. The number of hydrogen-bond donors (Lipinski definition) is 0. The molecule has 80 valence electrons. The Morgan fingerprint density at radius 2 is 2.20 bits per heavy atom. The fourth-order valence-electron chi connectivity index (χ4n) is 1.13. The maximum Gasteiger partial charge on any atom is 0.273 e. The van der Waals surface area contributed by atoms with Gasteiger partial charge in [-0.3, -0.25) is 14.9 Å². The number of rotatable bonds is 4. The van der Waals surface area contributed by atoms with Crippen molar-refractivity contribution in [2.24, 2.45) is 0 Å². The number of nitro groups is 1. The molecule has 0 fully saturated rings. The van der Waals surface area contributed by atoms with Crippen molar-refractivity contribution >= 4 is 39.0 Å². The molecule has 0 amide bonds. The van der Waals surface area contributed by atoms with Gasteiger partial charge in [0.05, 0.1) is 10.3 Å². The smallest absolute Gasteiger partial charge is 0.273 e. The van der Waals surface area contributed by atoms with Crippen molar-refractivity contribution in [1.82, 2.24) is 0 Å². The summed E-state index contributed by atoms with van der Waals surface area (Å²) >= 11 is 8.70. The summed E-state index contributed by atoms with van der Waals surface area (Å²) in [4.78, 5) is 21.3. The topological polar surface area (TPSA) is 60.2 Å². The van der Waals surface area contributed by atoms with E-state index in [1.54, 1.807) is 0 Å². The molecule has 0 aromatic heterocycles. The van der Waals surface area contributed by atoms with Crippen LogP contribution in [-0.2, 0) is 11.2 Å². The molecule has 0 saturated heterocycles. The minimum Gasteiger partial charge on any atom is -0.298 e. The quantitative estimate of drug-likeness (QED) is 0.487. The van der Waals surface area contributed by atoms with E-state index in [0.717, 1.165) is 0 Å². The van der Waals surface area contributed by atoms with E-state index < -0.39 is 4.92 Å². The number of carbonyl (C=O) groups is 1. The molecule has 0 aliphatic heterocycles. The molecule has 15 heavy (non-hydrogen) atoms. The average molecular weight is 293 g/mol. The lowest BCUT2D eigenvalue weighted by Gasteiger charge is -2.01. The lowest BCUT2D eigenvalue weighted by Crippen LogP contribution is -2.06. The van der Waals surface area contributed by atoms with E-state index in [1.807, 2.05) is 0 Å². The second-order valence-electron chi connectivity index (χ2n) is 2.88. The van der Waals surface area contributed by atoms with Crippen molar-refractivity contribution in [3.8, 4) is 0 Å². The van der Waals surface area contributed by atoms with Crippen molar-refractivity contribution in [2.75, 3.05) is 5.33 Å². The first-order chi connectivity index (χ1) is 7.04. The number of Topliss-reactive ketones (excluding diaryl/α,β-unsaturated/α-hetero) is 1. The number of alkyl halides is 1. The van der Waals surface area contributed by atoms with Gasteiger partial charge >= 0.3 is 0 Å². The number of halogens is 2. The Balaban J connectivity index is 3.07. The Morgan fingerprint density at radius 3 is 2.73 bits per heavy atom. The molecule has 6 heteroatoms. The number of nitrogens with zero attached hydrogens (tertiary/aromatic N) is 1. The second kappa shape index (κ2) is 5.23. The summed E-state index contributed by atoms with van der Waals surface area (Å²) < 4.78 is 0. The van der Waals surface area contributed by atoms with Crippen LogP contribution in [-0.4, -0.2) is 16.0 Å². The monoisotopic (exact) mass is 291 g/mol. The Hall–Kier alpha value is -0.940. The van der Waals surface area contributed by atoms with E-state index in [2.05, 4.69) is 15.9 Å². The minimum absolute atomic E-state index is 0.0160. The molecule has 1 aromatic rings. The highest BCUT2D eigenvalue weighted by Gasteiger charge is 2.15. The summed E-state index contributed by atoms with van der Waals surface area (Å²) in [5, 5.41) is 11.2. The van der Waals surface area contributed by atoms with Crippen molar-refractivity contribution in [3.63, 3.8) is 0 Å². The van der Waals surface area contributed by atoms with E-state index in [1.165, 1.54) is 18.2 Å². The molecule has 1 rings (SSSR count). The molecule has 0 saturated carbocycles. The summed E-state index contributed by atoms with van der Waals surface area (Å²) in [6.07, 6.45) is 0.0160. The summed E-state index contributed by atoms with van der Waals surface area (Å²) in [5.74, 6) is -0.125. The van der Waals surface area contributed by atoms with Crippen LogP contribution in [0.1, 0.15) is 5.56 Å². The van der Waals surface area contributed by atoms with Gasteiger partial charge < -0.3 is 0 Å². The molecule has 0 aliphatic rings. The van der Waals surface area contributed by atoms with Crippen molar-refractivity contribution in [1.29, 1.82) is 0 Å². The highest BCUT2D eigenvalue weighted by molar-refractivity contribution is 9.09. The standard InChI is InChI=1S/C9H7BrClNO3/c10-5-8(13)4-6-3-7(11)1-2-9(6)12(14)15/h1-3H,4-5H2. The highest BCUT2D eigenvalue weighted by Crippen LogP contribution is 2.23. The number of benzene rings is 1. The maximum absolute atomic E-state index is 11.2. The fraction of sp³-hybridized carbons (Fsp3) is 0.222. The van der Waals surface area contributed by atoms with Crippen LogP contribution in [0.2, 0.25) is 5.02 Å². The van der Waals surface area contributed by atoms with Gasteiger partial charge in [-0.25, -0.2) is 0 Å². The van der Waals surface area contributed by atoms with Crippen LogP contribution >= 0.6 is 27.5 Å². The van der Waals surface area contributed by atoms with Crippen LogP contribution in [0.3, 0.4) is 0 Å². The summed E-state index contributed by atoms with van der Waals surface area (Å²) in [6, 6.07) is 4.18. The minimum atomic E-state index is -0.521. The Labute approximate surface area is 99.5 Å².